The molecule has 18 heavy (non-hydrogen) atoms. The van der Waals surface area contributed by atoms with Crippen LogP contribution in [0.5, 0.6) is 0 Å². The molecule has 0 saturated heterocycles. The summed E-state index contributed by atoms with van der Waals surface area (Å²) >= 11 is 11.8. The molecule has 1 aromatic rings. The Hall–Kier alpha value is -0.930. The molecule has 0 aliphatic carbocycles. The van der Waals surface area contributed by atoms with E-state index in [0.29, 0.717) is 15.7 Å². The predicted molar refractivity (Wildman–Crippen MR) is 77.4 cm³/mol. The maximum absolute atomic E-state index is 11.9. The van der Waals surface area contributed by atoms with Gasteiger partial charge in [0.25, 0.3) is 0 Å². The Bertz CT molecular complexity index is 423. The second kappa shape index (κ2) is 6.86. The SMILES string of the molecule is CCC(C)NC(=O)C(C)Nc1ccc(Cl)cc1Cl. The summed E-state index contributed by atoms with van der Waals surface area (Å²) in [7, 11) is 0. The lowest BCUT2D eigenvalue weighted by atomic mass is 10.2. The molecule has 5 heteroatoms. The van der Waals surface area contributed by atoms with Gasteiger partial charge < -0.3 is 10.6 Å². The first-order chi connectivity index (χ1) is 8.43. The van der Waals surface area contributed by atoms with Crippen molar-refractivity contribution in [1.82, 2.24) is 5.32 Å². The van der Waals surface area contributed by atoms with Crippen LogP contribution in [0.1, 0.15) is 27.2 Å². The maximum atomic E-state index is 11.9. The molecule has 0 aliphatic heterocycles. The van der Waals surface area contributed by atoms with Gasteiger partial charge in [-0.15, -0.1) is 0 Å². The van der Waals surface area contributed by atoms with E-state index in [1.54, 1.807) is 25.1 Å². The van der Waals surface area contributed by atoms with Crippen LogP contribution >= 0.6 is 23.2 Å². The number of benzene rings is 1. The highest BCUT2D eigenvalue weighted by Crippen LogP contribution is 2.25. The van der Waals surface area contributed by atoms with Crippen LogP contribution in [-0.4, -0.2) is 18.0 Å². The van der Waals surface area contributed by atoms with Gasteiger partial charge in [-0.2, -0.15) is 0 Å². The smallest absolute Gasteiger partial charge is 0.242 e. The molecule has 3 nitrogen and oxygen atoms in total. The van der Waals surface area contributed by atoms with Gasteiger partial charge in [-0.1, -0.05) is 30.1 Å². The monoisotopic (exact) mass is 288 g/mol. The summed E-state index contributed by atoms with van der Waals surface area (Å²) in [6.45, 7) is 5.79. The van der Waals surface area contributed by atoms with Gasteiger partial charge in [-0.3, -0.25) is 4.79 Å². The predicted octanol–water partition coefficient (Wildman–Crippen LogP) is 3.71. The highest BCUT2D eigenvalue weighted by Gasteiger charge is 2.15. The van der Waals surface area contributed by atoms with Gasteiger partial charge in [-0.25, -0.2) is 0 Å². The first kappa shape index (κ1) is 15.1. The molecule has 0 aliphatic rings. The number of rotatable bonds is 5. The second-order valence-corrected chi connectivity index (χ2v) is 5.15. The minimum absolute atomic E-state index is 0.0460. The van der Waals surface area contributed by atoms with Gasteiger partial charge in [0, 0.05) is 11.1 Å². The minimum atomic E-state index is -0.349. The molecule has 0 spiro atoms. The van der Waals surface area contributed by atoms with E-state index >= 15 is 0 Å². The van der Waals surface area contributed by atoms with Gasteiger partial charge in [0.1, 0.15) is 6.04 Å². The average molecular weight is 289 g/mol. The number of nitrogens with one attached hydrogen (secondary N) is 2. The number of hydrogen-bond acceptors (Lipinski definition) is 2. The lowest BCUT2D eigenvalue weighted by Gasteiger charge is -2.19. The summed E-state index contributed by atoms with van der Waals surface area (Å²) in [5.74, 6) is -0.0460. The van der Waals surface area contributed by atoms with Crippen molar-refractivity contribution in [1.29, 1.82) is 0 Å². The third kappa shape index (κ3) is 4.39. The standard InChI is InChI=1S/C13H18Cl2N2O/c1-4-8(2)16-13(18)9(3)17-12-6-5-10(14)7-11(12)15/h5-9,17H,4H2,1-3H3,(H,16,18). The Morgan fingerprint density at radius 3 is 2.56 bits per heavy atom. The summed E-state index contributed by atoms with van der Waals surface area (Å²) < 4.78 is 0. The lowest BCUT2D eigenvalue weighted by molar-refractivity contribution is -0.122. The molecule has 0 fully saturated rings. The van der Waals surface area contributed by atoms with E-state index < -0.39 is 0 Å². The van der Waals surface area contributed by atoms with Crippen LogP contribution in [0.2, 0.25) is 10.0 Å². The molecule has 100 valence electrons. The van der Waals surface area contributed by atoms with Crippen LogP contribution in [0.25, 0.3) is 0 Å². The van der Waals surface area contributed by atoms with Gasteiger partial charge in [0.15, 0.2) is 0 Å². The van der Waals surface area contributed by atoms with Crippen molar-refractivity contribution in [2.24, 2.45) is 0 Å². The molecular weight excluding hydrogens is 271 g/mol. The Balaban J connectivity index is 2.63. The summed E-state index contributed by atoms with van der Waals surface area (Å²) in [6, 6.07) is 4.96. The summed E-state index contributed by atoms with van der Waals surface area (Å²) in [5, 5.41) is 7.05. The molecule has 0 heterocycles. The van der Waals surface area contributed by atoms with Crippen LogP contribution in [-0.2, 0) is 4.79 Å². The lowest BCUT2D eigenvalue weighted by Crippen LogP contribution is -2.41. The maximum Gasteiger partial charge on any atom is 0.242 e. The Labute approximate surface area is 118 Å². The fraction of sp³-hybridized carbons (Fsp3) is 0.462. The van der Waals surface area contributed by atoms with Crippen molar-refractivity contribution in [3.8, 4) is 0 Å². The first-order valence-electron chi connectivity index (χ1n) is 5.96. The normalized spacial score (nSPS) is 13.8. The molecule has 0 bridgehead atoms. The summed E-state index contributed by atoms with van der Waals surface area (Å²) in [4.78, 5) is 11.9. The summed E-state index contributed by atoms with van der Waals surface area (Å²) in [5.41, 5.74) is 0.702. The van der Waals surface area contributed by atoms with Crippen molar-refractivity contribution in [3.63, 3.8) is 0 Å². The molecule has 0 radical (unpaired) electrons. The zero-order chi connectivity index (χ0) is 13.7. The minimum Gasteiger partial charge on any atom is -0.373 e. The van der Waals surface area contributed by atoms with Crippen LogP contribution < -0.4 is 10.6 Å². The molecule has 1 rings (SSSR count). The van der Waals surface area contributed by atoms with E-state index in [4.69, 9.17) is 23.2 Å². The zero-order valence-electron chi connectivity index (χ0n) is 10.8. The highest BCUT2D eigenvalue weighted by atomic mass is 35.5. The van der Waals surface area contributed by atoms with Gasteiger partial charge in [0.05, 0.1) is 10.7 Å². The molecule has 1 amide bonds. The fourth-order valence-corrected chi connectivity index (χ4v) is 1.84. The van der Waals surface area contributed by atoms with Crippen molar-refractivity contribution in [2.45, 2.75) is 39.3 Å². The van der Waals surface area contributed by atoms with Crippen LogP contribution in [0, 0.1) is 0 Å². The number of halogens is 2. The molecule has 0 aromatic heterocycles. The molecule has 2 atom stereocenters. The van der Waals surface area contributed by atoms with E-state index in [1.807, 2.05) is 13.8 Å². The van der Waals surface area contributed by atoms with Gasteiger partial charge in [-0.05, 0) is 38.5 Å². The number of hydrogen-bond donors (Lipinski definition) is 2. The van der Waals surface area contributed by atoms with Crippen molar-refractivity contribution in [3.05, 3.63) is 28.2 Å². The largest absolute Gasteiger partial charge is 0.373 e. The number of anilines is 1. The third-order valence-corrected chi connectivity index (χ3v) is 3.25. The highest BCUT2D eigenvalue weighted by molar-refractivity contribution is 6.36. The molecule has 1 aromatic carbocycles. The van der Waals surface area contributed by atoms with Crippen LogP contribution in [0.4, 0.5) is 5.69 Å². The fourth-order valence-electron chi connectivity index (χ4n) is 1.38. The van der Waals surface area contributed by atoms with E-state index in [9.17, 15) is 4.79 Å². The van der Waals surface area contributed by atoms with E-state index in [2.05, 4.69) is 10.6 Å². The van der Waals surface area contributed by atoms with E-state index in [1.165, 1.54) is 0 Å². The van der Waals surface area contributed by atoms with Crippen molar-refractivity contribution in [2.75, 3.05) is 5.32 Å². The van der Waals surface area contributed by atoms with Gasteiger partial charge >= 0.3 is 0 Å². The number of carbonyl (C=O) groups excluding carboxylic acids is 1. The second-order valence-electron chi connectivity index (χ2n) is 4.31. The number of carbonyl (C=O) groups is 1. The molecular formula is C13H18Cl2N2O. The quantitative estimate of drug-likeness (QED) is 0.867. The van der Waals surface area contributed by atoms with Crippen molar-refractivity contribution >= 4 is 34.8 Å². The Morgan fingerprint density at radius 2 is 2.00 bits per heavy atom. The van der Waals surface area contributed by atoms with Crippen LogP contribution in [0.15, 0.2) is 18.2 Å². The van der Waals surface area contributed by atoms with Gasteiger partial charge in [0.2, 0.25) is 5.91 Å². The topological polar surface area (TPSA) is 41.1 Å². The molecule has 2 N–H and O–H groups in total. The first-order valence-corrected chi connectivity index (χ1v) is 6.71. The van der Waals surface area contributed by atoms with E-state index in [0.717, 1.165) is 6.42 Å². The molecule has 2 unspecified atom stereocenters. The van der Waals surface area contributed by atoms with Crippen LogP contribution in [0.3, 0.4) is 0 Å². The summed E-state index contributed by atoms with van der Waals surface area (Å²) in [6.07, 6.45) is 0.903. The van der Waals surface area contributed by atoms with Crippen molar-refractivity contribution < 1.29 is 4.79 Å². The third-order valence-electron chi connectivity index (χ3n) is 2.70. The number of amides is 1. The Kier molecular flexibility index (Phi) is 5.76. The average Bonchev–Trinajstić information content (AvgIpc) is 2.32. The zero-order valence-corrected chi connectivity index (χ0v) is 12.3. The Morgan fingerprint density at radius 1 is 1.33 bits per heavy atom. The van der Waals surface area contributed by atoms with E-state index in [-0.39, 0.29) is 18.0 Å². The molecule has 0 saturated carbocycles.